The molecule has 33 heavy (non-hydrogen) atoms. The van der Waals surface area contributed by atoms with E-state index in [2.05, 4.69) is 63.5 Å². The zero-order valence-electron chi connectivity index (χ0n) is 20.3. The third-order valence-corrected chi connectivity index (χ3v) is 5.95. The van der Waals surface area contributed by atoms with Crippen molar-refractivity contribution in [3.8, 4) is 0 Å². The second-order valence-electron chi connectivity index (χ2n) is 8.98. The number of para-hydroxylation sites is 1. The van der Waals surface area contributed by atoms with Crippen LogP contribution in [0, 0.1) is 5.92 Å². The van der Waals surface area contributed by atoms with Gasteiger partial charge in [0.15, 0.2) is 5.96 Å². The van der Waals surface area contributed by atoms with Crippen LogP contribution in [0.1, 0.15) is 20.3 Å². The molecule has 1 amide bonds. The number of hydrogen-bond donors (Lipinski definition) is 2. The number of aliphatic imine (C=N–C) groups is 1. The van der Waals surface area contributed by atoms with Crippen molar-refractivity contribution in [2.75, 3.05) is 77.5 Å². The molecular weight excluding hydrogens is 531 g/mol. The molecule has 2 aliphatic rings. The van der Waals surface area contributed by atoms with Gasteiger partial charge in [0.05, 0.1) is 12.7 Å². The summed E-state index contributed by atoms with van der Waals surface area (Å²) in [6, 6.07) is 10.4. The number of rotatable bonds is 8. The monoisotopic (exact) mass is 572 g/mol. The van der Waals surface area contributed by atoms with Gasteiger partial charge in [-0.2, -0.15) is 0 Å². The van der Waals surface area contributed by atoms with E-state index in [1.54, 1.807) is 7.05 Å². The lowest BCUT2D eigenvalue weighted by Crippen LogP contribution is -2.51. The van der Waals surface area contributed by atoms with Crippen molar-refractivity contribution in [3.05, 3.63) is 30.3 Å². The average molecular weight is 573 g/mol. The van der Waals surface area contributed by atoms with E-state index in [9.17, 15) is 4.79 Å². The van der Waals surface area contributed by atoms with Gasteiger partial charge in [0.1, 0.15) is 0 Å². The van der Waals surface area contributed by atoms with Gasteiger partial charge >= 0.3 is 0 Å². The molecule has 2 saturated heterocycles. The van der Waals surface area contributed by atoms with E-state index < -0.39 is 0 Å². The Labute approximate surface area is 216 Å². The van der Waals surface area contributed by atoms with Gasteiger partial charge in [0.2, 0.25) is 5.91 Å². The summed E-state index contributed by atoms with van der Waals surface area (Å²) in [6.07, 6.45) is 0.623. The molecule has 1 aromatic carbocycles. The number of benzene rings is 1. The molecule has 0 bridgehead atoms. The molecule has 2 N–H and O–H groups in total. The molecule has 186 valence electrons. The lowest BCUT2D eigenvalue weighted by atomic mass is 10.2. The molecule has 1 aromatic rings. The Morgan fingerprint density at radius 2 is 1.85 bits per heavy atom. The van der Waals surface area contributed by atoms with Crippen molar-refractivity contribution in [2.24, 2.45) is 10.9 Å². The first-order chi connectivity index (χ1) is 15.5. The standard InChI is InChI=1S/C24H40N6O2.HI/c1-20(2)18-28-15-16-32-22(19-28)17-27-24(25-3)26-10-9-23(31)30-13-11-29(12-14-30)21-7-5-4-6-8-21;/h4-8,20,22H,9-19H2,1-3H3,(H2,25,26,27);1H. The number of carbonyl (C=O) groups excluding carboxylic acids is 1. The van der Waals surface area contributed by atoms with Crippen LogP contribution < -0.4 is 15.5 Å². The highest BCUT2D eigenvalue weighted by molar-refractivity contribution is 14.0. The summed E-state index contributed by atoms with van der Waals surface area (Å²) in [5.74, 6) is 1.58. The number of morpholine rings is 1. The minimum absolute atomic E-state index is 0. The second kappa shape index (κ2) is 14.6. The fraction of sp³-hybridized carbons (Fsp3) is 0.667. The minimum atomic E-state index is 0. The highest BCUT2D eigenvalue weighted by Gasteiger charge is 2.22. The smallest absolute Gasteiger partial charge is 0.224 e. The number of hydrogen-bond acceptors (Lipinski definition) is 5. The highest BCUT2D eigenvalue weighted by atomic mass is 127. The Kier molecular flexibility index (Phi) is 12.3. The van der Waals surface area contributed by atoms with Crippen LogP contribution in [-0.2, 0) is 9.53 Å². The minimum Gasteiger partial charge on any atom is -0.374 e. The first kappa shape index (κ1) is 27.7. The second-order valence-corrected chi connectivity index (χ2v) is 8.98. The predicted molar refractivity (Wildman–Crippen MR) is 146 cm³/mol. The molecule has 0 radical (unpaired) electrons. The molecule has 2 aliphatic heterocycles. The van der Waals surface area contributed by atoms with Crippen molar-refractivity contribution >= 4 is 41.5 Å². The normalized spacial score (nSPS) is 19.9. The fourth-order valence-corrected chi connectivity index (χ4v) is 4.32. The van der Waals surface area contributed by atoms with Gasteiger partial charge in [-0.1, -0.05) is 32.0 Å². The molecule has 0 saturated carbocycles. The Balaban J connectivity index is 0.00000385. The number of anilines is 1. The van der Waals surface area contributed by atoms with Crippen molar-refractivity contribution in [3.63, 3.8) is 0 Å². The summed E-state index contributed by atoms with van der Waals surface area (Å²) in [5, 5.41) is 6.61. The van der Waals surface area contributed by atoms with E-state index in [4.69, 9.17) is 4.74 Å². The van der Waals surface area contributed by atoms with E-state index in [-0.39, 0.29) is 36.0 Å². The molecule has 2 fully saturated rings. The van der Waals surface area contributed by atoms with E-state index >= 15 is 0 Å². The molecule has 8 nitrogen and oxygen atoms in total. The van der Waals surface area contributed by atoms with Gasteiger partial charge in [0.25, 0.3) is 0 Å². The molecule has 1 unspecified atom stereocenters. The van der Waals surface area contributed by atoms with Crippen LogP contribution in [0.2, 0.25) is 0 Å². The van der Waals surface area contributed by atoms with Crippen molar-refractivity contribution in [2.45, 2.75) is 26.4 Å². The topological polar surface area (TPSA) is 72.4 Å². The fourth-order valence-electron chi connectivity index (χ4n) is 4.32. The van der Waals surface area contributed by atoms with E-state index in [1.807, 2.05) is 11.0 Å². The number of carbonyl (C=O) groups is 1. The number of nitrogens with zero attached hydrogens (tertiary/aromatic N) is 4. The van der Waals surface area contributed by atoms with Gasteiger partial charge in [-0.3, -0.25) is 14.7 Å². The third-order valence-electron chi connectivity index (χ3n) is 5.95. The van der Waals surface area contributed by atoms with Gasteiger partial charge in [-0.05, 0) is 18.1 Å². The molecule has 0 spiro atoms. The molecule has 1 atom stereocenters. The van der Waals surface area contributed by atoms with Crippen LogP contribution in [0.5, 0.6) is 0 Å². The first-order valence-electron chi connectivity index (χ1n) is 11.9. The molecule has 2 heterocycles. The summed E-state index contributed by atoms with van der Waals surface area (Å²) < 4.78 is 5.90. The Hall–Kier alpha value is -1.59. The summed E-state index contributed by atoms with van der Waals surface area (Å²) in [4.78, 5) is 23.7. The summed E-state index contributed by atoms with van der Waals surface area (Å²) in [6.45, 7) is 12.9. The maximum atomic E-state index is 12.6. The zero-order valence-corrected chi connectivity index (χ0v) is 22.7. The number of nitrogens with one attached hydrogen (secondary N) is 2. The van der Waals surface area contributed by atoms with Crippen molar-refractivity contribution in [1.29, 1.82) is 0 Å². The maximum absolute atomic E-state index is 12.6. The largest absolute Gasteiger partial charge is 0.374 e. The van der Waals surface area contributed by atoms with Crippen LogP contribution in [0.3, 0.4) is 0 Å². The summed E-state index contributed by atoms with van der Waals surface area (Å²) >= 11 is 0. The lowest BCUT2D eigenvalue weighted by molar-refractivity contribution is -0.131. The average Bonchev–Trinajstić information content (AvgIpc) is 2.81. The lowest BCUT2D eigenvalue weighted by Gasteiger charge is -2.36. The van der Waals surface area contributed by atoms with Crippen molar-refractivity contribution < 1.29 is 9.53 Å². The van der Waals surface area contributed by atoms with Crippen LogP contribution in [0.25, 0.3) is 0 Å². The number of halogens is 1. The van der Waals surface area contributed by atoms with E-state index in [0.29, 0.717) is 25.4 Å². The molecule has 9 heteroatoms. The zero-order chi connectivity index (χ0) is 22.8. The van der Waals surface area contributed by atoms with Crippen LogP contribution in [-0.4, -0.2) is 100 Å². The predicted octanol–water partition coefficient (Wildman–Crippen LogP) is 1.87. The number of piperazine rings is 1. The molecule has 0 aliphatic carbocycles. The van der Waals surface area contributed by atoms with E-state index in [1.165, 1.54) is 5.69 Å². The Morgan fingerprint density at radius 1 is 1.12 bits per heavy atom. The van der Waals surface area contributed by atoms with Crippen molar-refractivity contribution in [1.82, 2.24) is 20.4 Å². The SMILES string of the molecule is CN=C(NCCC(=O)N1CCN(c2ccccc2)CC1)NCC1CN(CC(C)C)CCO1.I. The molecular formula is C24H41IN6O2. The first-order valence-corrected chi connectivity index (χ1v) is 11.9. The molecule has 3 rings (SSSR count). The highest BCUT2D eigenvalue weighted by Crippen LogP contribution is 2.15. The maximum Gasteiger partial charge on any atom is 0.224 e. The van der Waals surface area contributed by atoms with Gasteiger partial charge in [-0.15, -0.1) is 24.0 Å². The van der Waals surface area contributed by atoms with Crippen LogP contribution in [0.4, 0.5) is 5.69 Å². The molecule has 0 aromatic heterocycles. The Morgan fingerprint density at radius 3 is 2.52 bits per heavy atom. The number of guanidine groups is 1. The summed E-state index contributed by atoms with van der Waals surface area (Å²) in [5.41, 5.74) is 1.23. The van der Waals surface area contributed by atoms with Crippen LogP contribution >= 0.6 is 24.0 Å². The Bertz CT molecular complexity index is 725. The quantitative estimate of drug-likeness (QED) is 0.282. The van der Waals surface area contributed by atoms with Gasteiger partial charge < -0.3 is 25.2 Å². The number of amides is 1. The van der Waals surface area contributed by atoms with Gasteiger partial charge in [-0.25, -0.2) is 0 Å². The number of ether oxygens (including phenoxy) is 1. The summed E-state index contributed by atoms with van der Waals surface area (Å²) in [7, 11) is 1.76. The van der Waals surface area contributed by atoms with E-state index in [0.717, 1.165) is 58.4 Å². The van der Waals surface area contributed by atoms with Crippen LogP contribution in [0.15, 0.2) is 35.3 Å². The van der Waals surface area contributed by atoms with Gasteiger partial charge in [0, 0.05) is 78.1 Å². The third kappa shape index (κ3) is 9.29.